The van der Waals surface area contributed by atoms with Crippen molar-refractivity contribution in [2.45, 2.75) is 104 Å². The van der Waals surface area contributed by atoms with Gasteiger partial charge in [0.2, 0.25) is 0 Å². The quantitative estimate of drug-likeness (QED) is 0.174. The molecule has 0 amide bonds. The maximum absolute atomic E-state index is 12.1. The summed E-state index contributed by atoms with van der Waals surface area (Å²) in [5, 5.41) is 9.93. The zero-order chi connectivity index (χ0) is 21.2. The largest absolute Gasteiger partial charge is 0.461 e. The fraction of sp³-hybridized carbons (Fsp3) is 0.654. The number of rotatable bonds is 17. The van der Waals surface area contributed by atoms with Crippen molar-refractivity contribution in [2.75, 3.05) is 0 Å². The number of aliphatic hydroxyl groups excluding tert-OH is 1. The van der Waals surface area contributed by atoms with Crippen LogP contribution in [-0.4, -0.2) is 17.2 Å². The second-order valence-electron chi connectivity index (χ2n) is 8.20. The van der Waals surface area contributed by atoms with Gasteiger partial charge < -0.3 is 9.84 Å². The molecule has 0 aliphatic heterocycles. The van der Waals surface area contributed by atoms with Gasteiger partial charge in [0.15, 0.2) is 0 Å². The van der Waals surface area contributed by atoms with Crippen LogP contribution >= 0.6 is 0 Å². The Morgan fingerprint density at radius 2 is 1.66 bits per heavy atom. The molecule has 0 aliphatic rings. The van der Waals surface area contributed by atoms with Crippen molar-refractivity contribution in [3.05, 3.63) is 48.0 Å². The van der Waals surface area contributed by atoms with Gasteiger partial charge in [0.05, 0.1) is 12.0 Å². The predicted octanol–water partition coefficient (Wildman–Crippen LogP) is 6.98. The van der Waals surface area contributed by atoms with Gasteiger partial charge in [-0.05, 0) is 37.7 Å². The third-order valence-electron chi connectivity index (χ3n) is 5.35. The number of esters is 1. The fourth-order valence-electron chi connectivity index (χ4n) is 3.35. The molecule has 0 aliphatic carbocycles. The first-order valence-electron chi connectivity index (χ1n) is 11.7. The Kier molecular flexibility index (Phi) is 15.1. The zero-order valence-electron chi connectivity index (χ0n) is 18.7. The second kappa shape index (κ2) is 17.3. The van der Waals surface area contributed by atoms with Gasteiger partial charge in [-0.3, -0.25) is 4.79 Å². The average Bonchev–Trinajstić information content (AvgIpc) is 2.74. The molecule has 1 unspecified atom stereocenters. The molecule has 1 N–H and O–H groups in total. The average molecular weight is 403 g/mol. The second-order valence-corrected chi connectivity index (χ2v) is 8.20. The molecule has 0 saturated heterocycles. The van der Waals surface area contributed by atoms with Gasteiger partial charge in [-0.2, -0.15) is 0 Å². The smallest absolute Gasteiger partial charge is 0.308 e. The van der Waals surface area contributed by atoms with Crippen LogP contribution in [0.3, 0.4) is 0 Å². The summed E-state index contributed by atoms with van der Waals surface area (Å²) < 4.78 is 5.40. The molecule has 3 nitrogen and oxygen atoms in total. The SMILES string of the molecule is CCCCCC[C@@H](O)C/C=C\CCCCCCC(C)C(=O)OCc1ccccc1. The third kappa shape index (κ3) is 14.1. The number of benzene rings is 1. The van der Waals surface area contributed by atoms with Crippen molar-refractivity contribution >= 4 is 5.97 Å². The van der Waals surface area contributed by atoms with Crippen LogP contribution in [0.25, 0.3) is 0 Å². The van der Waals surface area contributed by atoms with Crippen LogP contribution in [0.15, 0.2) is 42.5 Å². The summed E-state index contributed by atoms with van der Waals surface area (Å²) in [5.41, 5.74) is 1.03. The molecule has 0 bridgehead atoms. The van der Waals surface area contributed by atoms with Gasteiger partial charge in [0, 0.05) is 0 Å². The summed E-state index contributed by atoms with van der Waals surface area (Å²) in [6.45, 7) is 4.54. The van der Waals surface area contributed by atoms with Gasteiger partial charge in [-0.15, -0.1) is 0 Å². The highest BCUT2D eigenvalue weighted by atomic mass is 16.5. The number of allylic oxidation sites excluding steroid dienone is 1. The third-order valence-corrected chi connectivity index (χ3v) is 5.35. The van der Waals surface area contributed by atoms with Gasteiger partial charge in [-0.1, -0.05) is 101 Å². The molecule has 1 rings (SSSR count). The van der Waals surface area contributed by atoms with E-state index in [-0.39, 0.29) is 18.0 Å². The summed E-state index contributed by atoms with van der Waals surface area (Å²) in [5.74, 6) is -0.123. The van der Waals surface area contributed by atoms with E-state index in [1.165, 1.54) is 32.1 Å². The highest BCUT2D eigenvalue weighted by molar-refractivity contribution is 5.71. The Balaban J connectivity index is 1.95. The number of carbonyl (C=O) groups excluding carboxylic acids is 1. The van der Waals surface area contributed by atoms with Crippen LogP contribution in [0.4, 0.5) is 0 Å². The van der Waals surface area contributed by atoms with Crippen LogP contribution in [0.1, 0.15) is 96.5 Å². The van der Waals surface area contributed by atoms with E-state index < -0.39 is 0 Å². The molecule has 1 aromatic rings. The molecule has 164 valence electrons. The van der Waals surface area contributed by atoms with E-state index in [0.29, 0.717) is 6.61 Å². The minimum atomic E-state index is -0.175. The molecule has 0 fully saturated rings. The minimum absolute atomic E-state index is 0.0302. The van der Waals surface area contributed by atoms with Crippen molar-refractivity contribution in [3.8, 4) is 0 Å². The Labute approximate surface area is 178 Å². The van der Waals surface area contributed by atoms with E-state index in [4.69, 9.17) is 4.74 Å². The van der Waals surface area contributed by atoms with Crippen LogP contribution < -0.4 is 0 Å². The first kappa shape index (κ1) is 25.4. The molecule has 0 heterocycles. The maximum atomic E-state index is 12.1. The molecule has 0 spiro atoms. The zero-order valence-corrected chi connectivity index (χ0v) is 18.7. The summed E-state index contributed by atoms with van der Waals surface area (Å²) in [6.07, 6.45) is 17.3. The Bertz CT molecular complexity index is 538. The summed E-state index contributed by atoms with van der Waals surface area (Å²) >= 11 is 0. The fourth-order valence-corrected chi connectivity index (χ4v) is 3.35. The van der Waals surface area contributed by atoms with E-state index in [1.54, 1.807) is 0 Å². The molecule has 0 radical (unpaired) electrons. The number of carbonyl (C=O) groups is 1. The van der Waals surface area contributed by atoms with Crippen LogP contribution in [-0.2, 0) is 16.1 Å². The lowest BCUT2D eigenvalue weighted by molar-refractivity contribution is -0.149. The van der Waals surface area contributed by atoms with E-state index in [1.807, 2.05) is 37.3 Å². The summed E-state index contributed by atoms with van der Waals surface area (Å²) in [6, 6.07) is 9.82. The molecule has 3 heteroatoms. The van der Waals surface area contributed by atoms with Crippen molar-refractivity contribution in [1.82, 2.24) is 0 Å². The molecule has 1 aromatic carbocycles. The first-order valence-corrected chi connectivity index (χ1v) is 11.7. The van der Waals surface area contributed by atoms with Gasteiger partial charge in [0.25, 0.3) is 0 Å². The number of hydrogen-bond acceptors (Lipinski definition) is 3. The van der Waals surface area contributed by atoms with Gasteiger partial charge >= 0.3 is 5.97 Å². The van der Waals surface area contributed by atoms with Crippen LogP contribution in [0.2, 0.25) is 0 Å². The lowest BCUT2D eigenvalue weighted by Gasteiger charge is -2.11. The lowest BCUT2D eigenvalue weighted by atomic mass is 10.0. The summed E-state index contributed by atoms with van der Waals surface area (Å²) in [4.78, 5) is 12.1. The van der Waals surface area contributed by atoms with Gasteiger partial charge in [0.1, 0.15) is 6.61 Å². The highest BCUT2D eigenvalue weighted by Gasteiger charge is 2.13. The molecule has 2 atom stereocenters. The lowest BCUT2D eigenvalue weighted by Crippen LogP contribution is -2.14. The van der Waals surface area contributed by atoms with Crippen molar-refractivity contribution in [3.63, 3.8) is 0 Å². The number of aliphatic hydroxyl groups is 1. The summed E-state index contributed by atoms with van der Waals surface area (Å²) in [7, 11) is 0. The first-order chi connectivity index (χ1) is 14.1. The molecule has 0 aromatic heterocycles. The van der Waals surface area contributed by atoms with Gasteiger partial charge in [-0.25, -0.2) is 0 Å². The van der Waals surface area contributed by atoms with E-state index >= 15 is 0 Å². The Hall–Kier alpha value is -1.61. The van der Waals surface area contributed by atoms with E-state index in [9.17, 15) is 9.90 Å². The van der Waals surface area contributed by atoms with Crippen molar-refractivity contribution in [1.29, 1.82) is 0 Å². The topological polar surface area (TPSA) is 46.5 Å². The van der Waals surface area contributed by atoms with Crippen LogP contribution in [0, 0.1) is 5.92 Å². The monoisotopic (exact) mass is 402 g/mol. The molecular formula is C26H42O3. The van der Waals surface area contributed by atoms with Crippen LogP contribution in [0.5, 0.6) is 0 Å². The Morgan fingerprint density at radius 3 is 2.41 bits per heavy atom. The standard InChI is InChI=1S/C26H42O3/c1-3-4-5-15-20-25(27)21-16-10-8-6-7-9-12-17-23(2)26(28)29-22-24-18-13-11-14-19-24/h10-11,13-14,16,18-19,23,25,27H,3-9,12,15,17,20-22H2,1-2H3/b16-10-/t23?,25-/m1/s1. The van der Waals surface area contributed by atoms with Crippen molar-refractivity contribution in [2.24, 2.45) is 5.92 Å². The van der Waals surface area contributed by atoms with Crippen molar-refractivity contribution < 1.29 is 14.6 Å². The normalized spacial score (nSPS) is 13.5. The Morgan fingerprint density at radius 1 is 0.966 bits per heavy atom. The molecular weight excluding hydrogens is 360 g/mol. The minimum Gasteiger partial charge on any atom is -0.461 e. The molecule has 0 saturated carbocycles. The number of hydrogen-bond donors (Lipinski definition) is 1. The highest BCUT2D eigenvalue weighted by Crippen LogP contribution is 2.14. The number of ether oxygens (including phenoxy) is 1. The predicted molar refractivity (Wildman–Crippen MR) is 122 cm³/mol. The molecule has 29 heavy (non-hydrogen) atoms. The maximum Gasteiger partial charge on any atom is 0.308 e. The number of unbranched alkanes of at least 4 members (excludes halogenated alkanes) is 7. The van der Waals surface area contributed by atoms with E-state index in [0.717, 1.165) is 50.5 Å². The van der Waals surface area contributed by atoms with E-state index in [2.05, 4.69) is 19.1 Å².